The van der Waals surface area contributed by atoms with E-state index >= 15 is 0 Å². The van der Waals surface area contributed by atoms with E-state index in [2.05, 4.69) is 10.0 Å². The van der Waals surface area contributed by atoms with Crippen LogP contribution in [-0.4, -0.2) is 41.8 Å². The maximum absolute atomic E-state index is 12.1. The molecule has 0 amide bonds. The molecule has 0 fully saturated rings. The van der Waals surface area contributed by atoms with Crippen molar-refractivity contribution in [2.75, 3.05) is 33.4 Å². The predicted octanol–water partition coefficient (Wildman–Crippen LogP) is 1.16. The fourth-order valence-corrected chi connectivity index (χ4v) is 2.95. The van der Waals surface area contributed by atoms with Crippen LogP contribution in [0, 0.1) is 0 Å². The Morgan fingerprint density at radius 1 is 1.14 bits per heavy atom. The van der Waals surface area contributed by atoms with Gasteiger partial charge in [-0.1, -0.05) is 0 Å². The van der Waals surface area contributed by atoms with Crippen LogP contribution in [-0.2, 0) is 10.0 Å². The van der Waals surface area contributed by atoms with Gasteiger partial charge >= 0.3 is 0 Å². The Hall–Kier alpha value is -1.02. The van der Waals surface area contributed by atoms with Crippen LogP contribution in [0.2, 0.25) is 0 Å². The number of benzene rings is 1. The van der Waals surface area contributed by atoms with E-state index < -0.39 is 10.0 Å². The number of nitrogens with one attached hydrogen (secondary N) is 2. The van der Waals surface area contributed by atoms with Crippen LogP contribution >= 0.6 is 12.4 Å². The van der Waals surface area contributed by atoms with Crippen molar-refractivity contribution < 1.29 is 17.9 Å². The fraction of sp³-hybridized carbons (Fsp3) is 0.538. The average Bonchev–Trinajstić information content (AvgIpc) is 2.68. The number of rotatable bonds is 6. The van der Waals surface area contributed by atoms with Gasteiger partial charge < -0.3 is 14.8 Å². The molecule has 1 aliphatic rings. The van der Waals surface area contributed by atoms with E-state index in [9.17, 15) is 8.42 Å². The third-order valence-electron chi connectivity index (χ3n) is 2.92. The summed E-state index contributed by atoms with van der Waals surface area (Å²) in [5, 5.41) is 2.97. The second-order valence-corrected chi connectivity index (χ2v) is 6.28. The smallest absolute Gasteiger partial charge is 0.240 e. The highest BCUT2D eigenvalue weighted by atomic mass is 35.5. The van der Waals surface area contributed by atoms with Gasteiger partial charge in [-0.05, 0) is 32.1 Å². The van der Waals surface area contributed by atoms with Crippen molar-refractivity contribution in [2.24, 2.45) is 0 Å². The molecule has 0 unspecified atom stereocenters. The number of fused-ring (bicyclic) bond motifs is 1. The molecule has 0 bridgehead atoms. The molecule has 0 radical (unpaired) electrons. The minimum absolute atomic E-state index is 0. The van der Waals surface area contributed by atoms with Crippen LogP contribution in [0.1, 0.15) is 12.8 Å². The lowest BCUT2D eigenvalue weighted by atomic mass is 10.3. The molecule has 0 aliphatic carbocycles. The second kappa shape index (κ2) is 8.43. The normalized spacial score (nSPS) is 14.1. The van der Waals surface area contributed by atoms with E-state index in [0.29, 0.717) is 31.3 Å². The van der Waals surface area contributed by atoms with Gasteiger partial charge in [-0.15, -0.1) is 12.4 Å². The number of sulfonamides is 1. The molecule has 0 atom stereocenters. The van der Waals surface area contributed by atoms with Crippen molar-refractivity contribution in [1.29, 1.82) is 0 Å². The topological polar surface area (TPSA) is 76.7 Å². The molecule has 1 heterocycles. The van der Waals surface area contributed by atoms with Gasteiger partial charge in [-0.25, -0.2) is 13.1 Å². The van der Waals surface area contributed by atoms with E-state index in [1.54, 1.807) is 6.07 Å². The van der Waals surface area contributed by atoms with E-state index in [0.717, 1.165) is 19.4 Å². The third-order valence-corrected chi connectivity index (χ3v) is 4.38. The highest BCUT2D eigenvalue weighted by Gasteiger charge is 2.18. The first-order valence-electron chi connectivity index (χ1n) is 6.67. The summed E-state index contributed by atoms with van der Waals surface area (Å²) < 4.78 is 37.8. The van der Waals surface area contributed by atoms with Crippen molar-refractivity contribution in [3.8, 4) is 11.5 Å². The van der Waals surface area contributed by atoms with Gasteiger partial charge in [-0.2, -0.15) is 0 Å². The molecule has 1 aromatic carbocycles. The Morgan fingerprint density at radius 3 is 2.57 bits per heavy atom. The zero-order valence-corrected chi connectivity index (χ0v) is 13.6. The summed E-state index contributed by atoms with van der Waals surface area (Å²) in [5.74, 6) is 1.08. The third kappa shape index (κ3) is 5.03. The highest BCUT2D eigenvalue weighted by Crippen LogP contribution is 2.31. The first kappa shape index (κ1) is 18.0. The molecule has 0 aromatic heterocycles. The molecule has 0 saturated carbocycles. The monoisotopic (exact) mass is 336 g/mol. The summed E-state index contributed by atoms with van der Waals surface area (Å²) in [4.78, 5) is 0.200. The summed E-state index contributed by atoms with van der Waals surface area (Å²) in [6, 6.07) is 4.69. The molecule has 1 aliphatic heterocycles. The second-order valence-electron chi connectivity index (χ2n) is 4.51. The van der Waals surface area contributed by atoms with Gasteiger partial charge in [0.05, 0.1) is 18.1 Å². The van der Waals surface area contributed by atoms with Crippen LogP contribution in [0.4, 0.5) is 0 Å². The molecule has 120 valence electrons. The summed E-state index contributed by atoms with van der Waals surface area (Å²) in [5.41, 5.74) is 0. The fourth-order valence-electron chi connectivity index (χ4n) is 1.87. The molecule has 1 aromatic rings. The maximum atomic E-state index is 12.1. The molecular formula is C13H21ClN2O4S. The van der Waals surface area contributed by atoms with Gasteiger partial charge in [0.1, 0.15) is 0 Å². The van der Waals surface area contributed by atoms with Crippen molar-refractivity contribution in [3.63, 3.8) is 0 Å². The van der Waals surface area contributed by atoms with Crippen molar-refractivity contribution in [3.05, 3.63) is 18.2 Å². The Balaban J connectivity index is 0.00000220. The number of halogens is 1. The molecule has 21 heavy (non-hydrogen) atoms. The molecule has 0 saturated heterocycles. The van der Waals surface area contributed by atoms with Gasteiger partial charge in [0.2, 0.25) is 10.0 Å². The van der Waals surface area contributed by atoms with E-state index in [4.69, 9.17) is 9.47 Å². The van der Waals surface area contributed by atoms with E-state index in [1.807, 2.05) is 7.05 Å². The number of hydrogen-bond acceptors (Lipinski definition) is 5. The summed E-state index contributed by atoms with van der Waals surface area (Å²) in [6.45, 7) is 2.29. The first-order chi connectivity index (χ1) is 9.63. The summed E-state index contributed by atoms with van der Waals surface area (Å²) >= 11 is 0. The lowest BCUT2D eigenvalue weighted by Gasteiger charge is -2.10. The Kier molecular flexibility index (Phi) is 7.24. The summed E-state index contributed by atoms with van der Waals surface area (Å²) in [6.07, 6.45) is 1.53. The van der Waals surface area contributed by atoms with Crippen LogP contribution in [0.3, 0.4) is 0 Å². The van der Waals surface area contributed by atoms with Crippen molar-refractivity contribution in [2.45, 2.75) is 17.7 Å². The largest absolute Gasteiger partial charge is 0.490 e. The lowest BCUT2D eigenvalue weighted by Crippen LogP contribution is -2.26. The van der Waals surface area contributed by atoms with Crippen molar-refractivity contribution in [1.82, 2.24) is 10.0 Å². The first-order valence-corrected chi connectivity index (χ1v) is 8.16. The number of hydrogen-bond donors (Lipinski definition) is 2. The molecule has 0 spiro atoms. The van der Waals surface area contributed by atoms with Crippen LogP contribution in [0.25, 0.3) is 0 Å². The maximum Gasteiger partial charge on any atom is 0.240 e. The van der Waals surface area contributed by atoms with Gasteiger partial charge in [0, 0.05) is 19.0 Å². The van der Waals surface area contributed by atoms with Crippen LogP contribution in [0.15, 0.2) is 23.1 Å². The van der Waals surface area contributed by atoms with E-state index in [-0.39, 0.29) is 17.3 Å². The van der Waals surface area contributed by atoms with Gasteiger partial charge in [-0.3, -0.25) is 0 Å². The predicted molar refractivity (Wildman–Crippen MR) is 83.0 cm³/mol. The SMILES string of the molecule is CNCCCNS(=O)(=O)c1ccc2c(c1)OCCCO2.Cl. The van der Waals surface area contributed by atoms with Crippen LogP contribution < -0.4 is 19.5 Å². The Bertz CT molecular complexity index is 551. The molecule has 2 rings (SSSR count). The minimum Gasteiger partial charge on any atom is -0.490 e. The zero-order chi connectivity index (χ0) is 14.4. The molecule has 8 heteroatoms. The Labute approximate surface area is 131 Å². The van der Waals surface area contributed by atoms with Crippen LogP contribution in [0.5, 0.6) is 11.5 Å². The number of ether oxygens (including phenoxy) is 2. The van der Waals surface area contributed by atoms with Gasteiger partial charge in [0.25, 0.3) is 0 Å². The zero-order valence-electron chi connectivity index (χ0n) is 11.9. The van der Waals surface area contributed by atoms with Gasteiger partial charge in [0.15, 0.2) is 11.5 Å². The highest BCUT2D eigenvalue weighted by molar-refractivity contribution is 7.89. The lowest BCUT2D eigenvalue weighted by molar-refractivity contribution is 0.297. The molecule has 6 nitrogen and oxygen atoms in total. The van der Waals surface area contributed by atoms with Crippen molar-refractivity contribution >= 4 is 22.4 Å². The quantitative estimate of drug-likeness (QED) is 0.762. The summed E-state index contributed by atoms with van der Waals surface area (Å²) in [7, 11) is -1.67. The minimum atomic E-state index is -3.50. The standard InChI is InChI=1S/C13H20N2O4S.ClH/c1-14-6-2-7-15-20(16,17)11-4-5-12-13(10-11)19-9-3-8-18-12;/h4-5,10,14-15H,2-3,6-9H2,1H3;1H. The average molecular weight is 337 g/mol. The molecular weight excluding hydrogens is 316 g/mol. The van der Waals surface area contributed by atoms with E-state index in [1.165, 1.54) is 12.1 Å². The molecule has 2 N–H and O–H groups in total. The Morgan fingerprint density at radius 2 is 1.86 bits per heavy atom.